The minimum atomic E-state index is -1.82. The first-order valence-electron chi connectivity index (χ1n) is 18.5. The molecule has 0 aromatic heterocycles. The van der Waals surface area contributed by atoms with E-state index in [0.29, 0.717) is 11.5 Å². The van der Waals surface area contributed by atoms with Crippen molar-refractivity contribution in [3.05, 3.63) is 0 Å². The molecule has 4 fully saturated rings. The van der Waals surface area contributed by atoms with E-state index < -0.39 is 25.0 Å². The monoisotopic (exact) mass is 636 g/mol. The van der Waals surface area contributed by atoms with Gasteiger partial charge >= 0.3 is 0 Å². The summed E-state index contributed by atoms with van der Waals surface area (Å²) >= 11 is 0. The standard InChI is InChI=1S/C36H72O3Si3/c1-13-24-40(7,8)37-28(4)36(39-42(11,12)26-15-3)23-20-33-31-17-16-29-27-30(38-41(9,10)25-14-2)18-21-34(29,5)32(31)19-22-35(33,36)6/h28-33H,13-27H2,1-12H3. The average molecular weight is 637 g/mol. The number of hydrogen-bond acceptors (Lipinski definition) is 3. The van der Waals surface area contributed by atoms with Crippen molar-refractivity contribution in [2.24, 2.45) is 34.5 Å². The smallest absolute Gasteiger partial charge is 0.187 e. The SMILES string of the molecule is CCC[Si](C)(C)OC1CCC2(C)C(CCC3C2CCC2(C)C3CCC2(O[Si](C)(C)CCC)C(C)O[Si](C)(C)CCC)C1. The fraction of sp³-hybridized carbons (Fsp3) is 1.00. The summed E-state index contributed by atoms with van der Waals surface area (Å²) in [7, 11) is -5.08. The lowest BCUT2D eigenvalue weighted by molar-refractivity contribution is -0.175. The Hall–Kier alpha value is 0.531. The zero-order chi connectivity index (χ0) is 31.2. The summed E-state index contributed by atoms with van der Waals surface area (Å²) in [4.78, 5) is 0. The van der Waals surface area contributed by atoms with Gasteiger partial charge in [0.25, 0.3) is 0 Å². The molecule has 246 valence electrons. The van der Waals surface area contributed by atoms with Gasteiger partial charge in [-0.1, -0.05) is 53.9 Å². The molecule has 0 spiro atoms. The van der Waals surface area contributed by atoms with Gasteiger partial charge in [-0.2, -0.15) is 0 Å². The maximum Gasteiger partial charge on any atom is 0.187 e. The van der Waals surface area contributed by atoms with Crippen LogP contribution in [0.15, 0.2) is 0 Å². The van der Waals surface area contributed by atoms with Crippen LogP contribution in [-0.4, -0.2) is 42.8 Å². The van der Waals surface area contributed by atoms with Gasteiger partial charge < -0.3 is 13.3 Å². The first-order valence-corrected chi connectivity index (χ1v) is 27.9. The Kier molecular flexibility index (Phi) is 10.9. The fourth-order valence-corrected chi connectivity index (χ4v) is 19.5. The van der Waals surface area contributed by atoms with Crippen molar-refractivity contribution in [1.82, 2.24) is 0 Å². The highest BCUT2D eigenvalue weighted by Crippen LogP contribution is 2.70. The third-order valence-corrected chi connectivity index (χ3v) is 21.4. The summed E-state index contributed by atoms with van der Waals surface area (Å²) in [5.74, 6) is 3.39. The molecule has 0 aliphatic heterocycles. The molecule has 0 N–H and O–H groups in total. The Balaban J connectivity index is 1.58. The molecular formula is C36H72O3Si3. The molecule has 9 unspecified atom stereocenters. The van der Waals surface area contributed by atoms with E-state index in [1.165, 1.54) is 95.2 Å². The maximum absolute atomic E-state index is 7.70. The molecule has 6 heteroatoms. The molecule has 4 rings (SSSR count). The lowest BCUT2D eigenvalue weighted by atomic mass is 9.44. The second kappa shape index (κ2) is 13.0. The van der Waals surface area contributed by atoms with E-state index in [4.69, 9.17) is 13.3 Å². The third-order valence-electron chi connectivity index (χ3n) is 13.5. The lowest BCUT2D eigenvalue weighted by Crippen LogP contribution is -2.64. The van der Waals surface area contributed by atoms with E-state index in [1.54, 1.807) is 0 Å². The Morgan fingerprint density at radius 3 is 1.93 bits per heavy atom. The van der Waals surface area contributed by atoms with Crippen LogP contribution in [-0.2, 0) is 13.3 Å². The number of fused-ring (bicyclic) bond motifs is 5. The van der Waals surface area contributed by atoms with Crippen molar-refractivity contribution in [3.8, 4) is 0 Å². The Bertz CT molecular complexity index is 907. The highest BCUT2D eigenvalue weighted by atomic mass is 28.4. The van der Waals surface area contributed by atoms with Crippen LogP contribution in [0.1, 0.15) is 119 Å². The zero-order valence-corrected chi connectivity index (χ0v) is 33.3. The molecule has 4 aliphatic carbocycles. The second-order valence-electron chi connectivity index (χ2n) is 17.9. The Morgan fingerprint density at radius 2 is 1.29 bits per heavy atom. The summed E-state index contributed by atoms with van der Waals surface area (Å²) in [6.07, 6.45) is 16.6. The van der Waals surface area contributed by atoms with Gasteiger partial charge in [0.2, 0.25) is 0 Å². The molecule has 0 heterocycles. The minimum Gasteiger partial charge on any atom is -0.414 e. The largest absolute Gasteiger partial charge is 0.414 e. The van der Waals surface area contributed by atoms with Gasteiger partial charge in [0.15, 0.2) is 25.0 Å². The molecule has 0 aromatic carbocycles. The van der Waals surface area contributed by atoms with E-state index in [2.05, 4.69) is 80.8 Å². The highest BCUT2D eigenvalue weighted by Gasteiger charge is 2.68. The van der Waals surface area contributed by atoms with Crippen molar-refractivity contribution in [1.29, 1.82) is 0 Å². The van der Waals surface area contributed by atoms with E-state index >= 15 is 0 Å². The number of hydrogen-bond donors (Lipinski definition) is 0. The third kappa shape index (κ3) is 6.80. The Labute approximate surface area is 265 Å². The van der Waals surface area contributed by atoms with Crippen LogP contribution in [0.2, 0.25) is 57.4 Å². The van der Waals surface area contributed by atoms with Crippen molar-refractivity contribution >= 4 is 25.0 Å². The molecule has 0 saturated heterocycles. The van der Waals surface area contributed by atoms with Crippen LogP contribution in [0.5, 0.6) is 0 Å². The molecule has 0 bridgehead atoms. The van der Waals surface area contributed by atoms with Gasteiger partial charge in [-0.15, -0.1) is 0 Å². The molecule has 4 aliphatic rings. The predicted octanol–water partition coefficient (Wildman–Crippen LogP) is 11.4. The molecule has 0 aromatic rings. The van der Waals surface area contributed by atoms with E-state index in [9.17, 15) is 0 Å². The van der Waals surface area contributed by atoms with Gasteiger partial charge in [0.1, 0.15) is 0 Å². The normalized spacial score (nSPS) is 39.9. The maximum atomic E-state index is 7.70. The fourth-order valence-electron chi connectivity index (χ4n) is 11.8. The summed E-state index contributed by atoms with van der Waals surface area (Å²) in [6, 6.07) is 3.81. The van der Waals surface area contributed by atoms with E-state index in [1.807, 2.05) is 0 Å². The summed E-state index contributed by atoms with van der Waals surface area (Å²) < 4.78 is 21.9. The van der Waals surface area contributed by atoms with Crippen LogP contribution in [0.25, 0.3) is 0 Å². The van der Waals surface area contributed by atoms with Crippen LogP contribution in [0.4, 0.5) is 0 Å². The topological polar surface area (TPSA) is 27.7 Å². The van der Waals surface area contributed by atoms with Crippen LogP contribution < -0.4 is 0 Å². The molecule has 4 saturated carbocycles. The number of rotatable bonds is 13. The molecule has 0 radical (unpaired) electrons. The van der Waals surface area contributed by atoms with Crippen LogP contribution in [0, 0.1) is 34.5 Å². The van der Waals surface area contributed by atoms with Gasteiger partial charge in [0.05, 0.1) is 11.7 Å². The van der Waals surface area contributed by atoms with E-state index in [-0.39, 0.29) is 17.1 Å². The minimum absolute atomic E-state index is 0.121. The summed E-state index contributed by atoms with van der Waals surface area (Å²) in [5.41, 5.74) is 0.604. The Morgan fingerprint density at radius 1 is 0.690 bits per heavy atom. The molecule has 9 atom stereocenters. The molecular weight excluding hydrogens is 565 g/mol. The van der Waals surface area contributed by atoms with Gasteiger partial charge in [-0.3, -0.25) is 0 Å². The van der Waals surface area contributed by atoms with Crippen LogP contribution >= 0.6 is 0 Å². The summed E-state index contributed by atoms with van der Waals surface area (Å²) in [6.45, 7) is 29.7. The van der Waals surface area contributed by atoms with Gasteiger partial charge in [-0.05, 0) is 151 Å². The first kappa shape index (κ1) is 35.4. The molecule has 3 nitrogen and oxygen atoms in total. The summed E-state index contributed by atoms with van der Waals surface area (Å²) in [5, 5.41) is 0. The van der Waals surface area contributed by atoms with Gasteiger partial charge in [-0.25, -0.2) is 0 Å². The average Bonchev–Trinajstić information content (AvgIpc) is 3.16. The van der Waals surface area contributed by atoms with E-state index in [0.717, 1.165) is 23.7 Å². The van der Waals surface area contributed by atoms with Crippen molar-refractivity contribution in [2.45, 2.75) is 194 Å². The molecule has 0 amide bonds. The first-order chi connectivity index (χ1) is 19.5. The van der Waals surface area contributed by atoms with Gasteiger partial charge in [0, 0.05) is 11.5 Å². The lowest BCUT2D eigenvalue weighted by Gasteiger charge is -2.63. The highest BCUT2D eigenvalue weighted by molar-refractivity contribution is 6.72. The van der Waals surface area contributed by atoms with Crippen molar-refractivity contribution in [3.63, 3.8) is 0 Å². The zero-order valence-electron chi connectivity index (χ0n) is 30.3. The van der Waals surface area contributed by atoms with Crippen molar-refractivity contribution < 1.29 is 13.3 Å². The molecule has 42 heavy (non-hydrogen) atoms. The van der Waals surface area contributed by atoms with Crippen molar-refractivity contribution in [2.75, 3.05) is 0 Å². The predicted molar refractivity (Wildman–Crippen MR) is 189 cm³/mol. The quantitative estimate of drug-likeness (QED) is 0.188. The van der Waals surface area contributed by atoms with Crippen LogP contribution in [0.3, 0.4) is 0 Å². The second-order valence-corrected chi connectivity index (χ2v) is 30.7.